The van der Waals surface area contributed by atoms with Crippen molar-refractivity contribution < 1.29 is 8.42 Å². The molecule has 0 saturated heterocycles. The van der Waals surface area contributed by atoms with Crippen molar-refractivity contribution in [3.63, 3.8) is 0 Å². The maximum Gasteiger partial charge on any atom is 0.219 e. The monoisotopic (exact) mass is 258 g/mol. The van der Waals surface area contributed by atoms with E-state index in [0.717, 1.165) is 31.7 Å². The second-order valence-electron chi connectivity index (χ2n) is 4.42. The van der Waals surface area contributed by atoms with Gasteiger partial charge >= 0.3 is 0 Å². The summed E-state index contributed by atoms with van der Waals surface area (Å²) in [6.45, 7) is 2.59. The van der Waals surface area contributed by atoms with Crippen molar-refractivity contribution in [2.24, 2.45) is 0 Å². The fourth-order valence-electron chi connectivity index (χ4n) is 1.81. The zero-order valence-electron chi connectivity index (χ0n) is 10.2. The summed E-state index contributed by atoms with van der Waals surface area (Å²) in [5.74, 6) is -0.0278. The van der Waals surface area contributed by atoms with Gasteiger partial charge in [0.2, 0.25) is 10.0 Å². The Kier molecular flexibility index (Phi) is 3.50. The SMILES string of the molecule is CN(C)S(=O)(=O)Cc1cc2n(n1)CCCNC2. The number of hydrogen-bond donors (Lipinski definition) is 1. The largest absolute Gasteiger partial charge is 0.311 e. The molecule has 2 rings (SSSR count). The summed E-state index contributed by atoms with van der Waals surface area (Å²) in [6.07, 6.45) is 1.02. The third kappa shape index (κ3) is 2.85. The van der Waals surface area contributed by atoms with E-state index in [0.29, 0.717) is 5.69 Å². The van der Waals surface area contributed by atoms with Crippen molar-refractivity contribution in [3.05, 3.63) is 17.5 Å². The first-order valence-electron chi connectivity index (χ1n) is 5.65. The first-order chi connectivity index (χ1) is 7.99. The molecule has 0 amide bonds. The molecule has 1 aliphatic rings. The van der Waals surface area contributed by atoms with Crippen LogP contribution in [-0.2, 0) is 28.9 Å². The van der Waals surface area contributed by atoms with E-state index in [1.807, 2.05) is 10.7 Å². The van der Waals surface area contributed by atoms with Gasteiger partial charge in [-0.25, -0.2) is 12.7 Å². The van der Waals surface area contributed by atoms with Crippen molar-refractivity contribution >= 4 is 10.0 Å². The fraction of sp³-hybridized carbons (Fsp3) is 0.700. The molecular weight excluding hydrogens is 240 g/mol. The molecule has 1 N–H and O–H groups in total. The summed E-state index contributed by atoms with van der Waals surface area (Å²) >= 11 is 0. The minimum Gasteiger partial charge on any atom is -0.311 e. The summed E-state index contributed by atoms with van der Waals surface area (Å²) in [5.41, 5.74) is 1.68. The third-order valence-corrected chi connectivity index (χ3v) is 4.60. The molecule has 1 aliphatic heterocycles. The normalized spacial score (nSPS) is 16.9. The predicted octanol–water partition coefficient (Wildman–Crippen LogP) is -0.232. The second-order valence-corrected chi connectivity index (χ2v) is 6.60. The Hall–Kier alpha value is -0.920. The van der Waals surface area contributed by atoms with Crippen LogP contribution in [0.4, 0.5) is 0 Å². The Morgan fingerprint density at radius 3 is 3.00 bits per heavy atom. The summed E-state index contributed by atoms with van der Waals surface area (Å²) in [4.78, 5) is 0. The van der Waals surface area contributed by atoms with Crippen LogP contribution < -0.4 is 5.32 Å². The van der Waals surface area contributed by atoms with Gasteiger partial charge < -0.3 is 5.32 Å². The van der Waals surface area contributed by atoms with Gasteiger partial charge in [-0.2, -0.15) is 5.10 Å². The van der Waals surface area contributed by atoms with Gasteiger partial charge in [-0.3, -0.25) is 4.68 Å². The molecule has 0 bridgehead atoms. The highest BCUT2D eigenvalue weighted by molar-refractivity contribution is 7.88. The third-order valence-electron chi connectivity index (χ3n) is 2.83. The highest BCUT2D eigenvalue weighted by Crippen LogP contribution is 2.12. The quantitative estimate of drug-likeness (QED) is 0.813. The Balaban J connectivity index is 2.19. The van der Waals surface area contributed by atoms with Crippen molar-refractivity contribution in [2.45, 2.75) is 25.3 Å². The molecule has 7 heteroatoms. The molecule has 0 fully saturated rings. The van der Waals surface area contributed by atoms with E-state index in [-0.39, 0.29) is 5.75 Å². The van der Waals surface area contributed by atoms with Crippen LogP contribution in [-0.4, -0.2) is 43.1 Å². The topological polar surface area (TPSA) is 67.2 Å². The number of fused-ring (bicyclic) bond motifs is 1. The molecular formula is C10H18N4O2S. The van der Waals surface area contributed by atoms with E-state index >= 15 is 0 Å². The Morgan fingerprint density at radius 2 is 2.29 bits per heavy atom. The molecule has 6 nitrogen and oxygen atoms in total. The Labute approximate surface area is 102 Å². The highest BCUT2D eigenvalue weighted by Gasteiger charge is 2.18. The van der Waals surface area contributed by atoms with Gasteiger partial charge in [-0.15, -0.1) is 0 Å². The van der Waals surface area contributed by atoms with Crippen LogP contribution in [0.5, 0.6) is 0 Å². The minimum absolute atomic E-state index is 0.0278. The fourth-order valence-corrected chi connectivity index (χ4v) is 2.58. The van der Waals surface area contributed by atoms with Gasteiger partial charge in [0, 0.05) is 27.2 Å². The first-order valence-corrected chi connectivity index (χ1v) is 7.26. The molecule has 2 heterocycles. The number of sulfonamides is 1. The van der Waals surface area contributed by atoms with Crippen molar-refractivity contribution in [2.75, 3.05) is 20.6 Å². The Morgan fingerprint density at radius 1 is 1.53 bits per heavy atom. The first kappa shape index (κ1) is 12.5. The molecule has 0 radical (unpaired) electrons. The maximum absolute atomic E-state index is 11.7. The minimum atomic E-state index is -3.22. The van der Waals surface area contributed by atoms with E-state index in [1.54, 1.807) is 0 Å². The van der Waals surface area contributed by atoms with Crippen molar-refractivity contribution in [1.82, 2.24) is 19.4 Å². The zero-order chi connectivity index (χ0) is 12.5. The van der Waals surface area contributed by atoms with Crippen LogP contribution in [0.25, 0.3) is 0 Å². The molecule has 0 atom stereocenters. The Bertz CT molecular complexity index is 469. The number of nitrogens with one attached hydrogen (secondary N) is 1. The number of hydrogen-bond acceptors (Lipinski definition) is 4. The summed E-state index contributed by atoms with van der Waals surface area (Å²) in [6, 6.07) is 1.87. The number of aryl methyl sites for hydroxylation is 1. The molecule has 0 aliphatic carbocycles. The zero-order valence-corrected chi connectivity index (χ0v) is 11.0. The van der Waals surface area contributed by atoms with E-state index in [1.165, 1.54) is 18.4 Å². The molecule has 1 aromatic rings. The summed E-state index contributed by atoms with van der Waals surface area (Å²) < 4.78 is 26.6. The van der Waals surface area contributed by atoms with Gasteiger partial charge in [-0.05, 0) is 19.0 Å². The molecule has 0 spiro atoms. The van der Waals surface area contributed by atoms with Crippen LogP contribution in [0.3, 0.4) is 0 Å². The average molecular weight is 258 g/mol. The molecule has 1 aromatic heterocycles. The highest BCUT2D eigenvalue weighted by atomic mass is 32.2. The van der Waals surface area contributed by atoms with Crippen molar-refractivity contribution in [3.8, 4) is 0 Å². The molecule has 0 saturated carbocycles. The number of rotatable bonds is 3. The van der Waals surface area contributed by atoms with E-state index in [2.05, 4.69) is 10.4 Å². The van der Waals surface area contributed by atoms with Crippen LogP contribution in [0.1, 0.15) is 17.8 Å². The van der Waals surface area contributed by atoms with Crippen LogP contribution in [0, 0.1) is 0 Å². The molecule has 0 unspecified atom stereocenters. The van der Waals surface area contributed by atoms with Crippen molar-refractivity contribution in [1.29, 1.82) is 0 Å². The standard InChI is InChI=1S/C10H18N4O2S/c1-13(2)17(15,16)8-9-6-10-7-11-4-3-5-14(10)12-9/h6,11H,3-5,7-8H2,1-2H3. The van der Waals surface area contributed by atoms with E-state index < -0.39 is 10.0 Å². The second kappa shape index (κ2) is 4.75. The molecule has 17 heavy (non-hydrogen) atoms. The van der Waals surface area contributed by atoms with Gasteiger partial charge in [0.15, 0.2) is 0 Å². The van der Waals surface area contributed by atoms with Crippen LogP contribution >= 0.6 is 0 Å². The van der Waals surface area contributed by atoms with Crippen LogP contribution in [0.2, 0.25) is 0 Å². The molecule has 0 aromatic carbocycles. The smallest absolute Gasteiger partial charge is 0.219 e. The lowest BCUT2D eigenvalue weighted by atomic mass is 10.4. The maximum atomic E-state index is 11.7. The van der Waals surface area contributed by atoms with Gasteiger partial charge in [0.25, 0.3) is 0 Å². The lowest BCUT2D eigenvalue weighted by Crippen LogP contribution is -2.24. The van der Waals surface area contributed by atoms with E-state index in [9.17, 15) is 8.42 Å². The summed E-state index contributed by atoms with van der Waals surface area (Å²) in [7, 11) is -0.144. The van der Waals surface area contributed by atoms with Crippen LogP contribution in [0.15, 0.2) is 6.07 Å². The van der Waals surface area contributed by atoms with Gasteiger partial charge in [-0.1, -0.05) is 0 Å². The number of nitrogens with zero attached hydrogens (tertiary/aromatic N) is 3. The molecule has 96 valence electrons. The summed E-state index contributed by atoms with van der Waals surface area (Å²) in [5, 5.41) is 7.63. The average Bonchev–Trinajstić information content (AvgIpc) is 2.46. The number of aromatic nitrogens is 2. The lowest BCUT2D eigenvalue weighted by Gasteiger charge is -2.09. The van der Waals surface area contributed by atoms with Gasteiger partial charge in [0.05, 0.1) is 11.4 Å². The van der Waals surface area contributed by atoms with E-state index in [4.69, 9.17) is 0 Å². The lowest BCUT2D eigenvalue weighted by molar-refractivity contribution is 0.517. The van der Waals surface area contributed by atoms with Gasteiger partial charge in [0.1, 0.15) is 5.75 Å². The predicted molar refractivity (Wildman–Crippen MR) is 64.9 cm³/mol.